The molecule has 0 heterocycles. The molecule has 0 aliphatic rings. The van der Waals surface area contributed by atoms with Crippen LogP contribution in [-0.2, 0) is 4.74 Å². The zero-order valence-electron chi connectivity index (χ0n) is 9.76. The number of nitro benzene ring substituents is 1. The fraction of sp³-hybridized carbons (Fsp3) is 0.455. The van der Waals surface area contributed by atoms with E-state index < -0.39 is 4.92 Å². The minimum Gasteiger partial charge on any atom is -0.394 e. The zero-order chi connectivity index (χ0) is 13.4. The van der Waals surface area contributed by atoms with Crippen molar-refractivity contribution in [3.05, 3.63) is 33.3 Å². The van der Waals surface area contributed by atoms with Gasteiger partial charge in [-0.15, -0.1) is 0 Å². The van der Waals surface area contributed by atoms with Crippen LogP contribution in [0.25, 0.3) is 0 Å². The van der Waals surface area contributed by atoms with Gasteiger partial charge < -0.3 is 15.2 Å². The summed E-state index contributed by atoms with van der Waals surface area (Å²) in [6.45, 7) is 1.28. The Morgan fingerprint density at radius 2 is 2.22 bits per heavy atom. The summed E-state index contributed by atoms with van der Waals surface area (Å²) in [5.74, 6) is 0. The average molecular weight is 275 g/mol. The number of hydrogen-bond acceptors (Lipinski definition) is 5. The van der Waals surface area contributed by atoms with Gasteiger partial charge in [0.25, 0.3) is 5.69 Å². The van der Waals surface area contributed by atoms with Crippen molar-refractivity contribution in [3.63, 3.8) is 0 Å². The third-order valence-electron chi connectivity index (χ3n) is 2.19. The molecule has 2 N–H and O–H groups in total. The number of para-hydroxylation sites is 1. The molecule has 0 aromatic heterocycles. The summed E-state index contributed by atoms with van der Waals surface area (Å²) in [4.78, 5) is 10.3. The van der Waals surface area contributed by atoms with E-state index in [4.69, 9.17) is 21.4 Å². The number of ether oxygens (including phenoxy) is 1. The summed E-state index contributed by atoms with van der Waals surface area (Å²) in [5, 5.41) is 22.5. The van der Waals surface area contributed by atoms with Crippen molar-refractivity contribution in [2.75, 3.05) is 31.7 Å². The third kappa shape index (κ3) is 4.48. The molecule has 1 aromatic rings. The summed E-state index contributed by atoms with van der Waals surface area (Å²) >= 11 is 5.90. The van der Waals surface area contributed by atoms with Crippen LogP contribution in [0, 0.1) is 10.1 Å². The van der Waals surface area contributed by atoms with Crippen LogP contribution < -0.4 is 5.32 Å². The summed E-state index contributed by atoms with van der Waals surface area (Å²) in [7, 11) is 0. The van der Waals surface area contributed by atoms with Crippen molar-refractivity contribution >= 4 is 23.0 Å². The van der Waals surface area contributed by atoms with Crippen molar-refractivity contribution in [1.82, 2.24) is 0 Å². The number of rotatable bonds is 8. The molecular weight excluding hydrogens is 260 g/mol. The van der Waals surface area contributed by atoms with E-state index in [9.17, 15) is 10.1 Å². The second-order valence-corrected chi connectivity index (χ2v) is 3.91. The maximum absolute atomic E-state index is 10.8. The van der Waals surface area contributed by atoms with Crippen LogP contribution in [0.4, 0.5) is 11.4 Å². The normalized spacial score (nSPS) is 10.3. The lowest BCUT2D eigenvalue weighted by atomic mass is 10.2. The van der Waals surface area contributed by atoms with Crippen molar-refractivity contribution < 1.29 is 14.8 Å². The van der Waals surface area contributed by atoms with Gasteiger partial charge in [-0.25, -0.2) is 0 Å². The fourth-order valence-electron chi connectivity index (χ4n) is 1.39. The van der Waals surface area contributed by atoms with E-state index in [1.54, 1.807) is 6.07 Å². The molecule has 0 radical (unpaired) electrons. The molecule has 1 aromatic carbocycles. The van der Waals surface area contributed by atoms with Gasteiger partial charge in [-0.1, -0.05) is 17.7 Å². The Bertz CT molecular complexity index is 401. The van der Waals surface area contributed by atoms with Gasteiger partial charge >= 0.3 is 0 Å². The lowest BCUT2D eigenvalue weighted by Gasteiger charge is -2.08. The lowest BCUT2D eigenvalue weighted by Crippen LogP contribution is -2.09. The topological polar surface area (TPSA) is 84.6 Å². The van der Waals surface area contributed by atoms with Crippen molar-refractivity contribution in [2.45, 2.75) is 6.42 Å². The molecule has 0 bridgehead atoms. The maximum Gasteiger partial charge on any atom is 0.293 e. The molecule has 0 saturated heterocycles. The van der Waals surface area contributed by atoms with Crippen molar-refractivity contribution in [3.8, 4) is 0 Å². The zero-order valence-corrected chi connectivity index (χ0v) is 10.5. The standard InChI is InChI=1S/C11H15ClN2O4/c12-9-3-1-4-10(14(16)17)11(9)13-5-2-7-18-8-6-15/h1,3-4,13,15H,2,5-8H2. The van der Waals surface area contributed by atoms with E-state index in [-0.39, 0.29) is 12.3 Å². The summed E-state index contributed by atoms with van der Waals surface area (Å²) in [6, 6.07) is 4.53. The number of benzene rings is 1. The van der Waals surface area contributed by atoms with E-state index >= 15 is 0 Å². The van der Waals surface area contributed by atoms with E-state index in [2.05, 4.69) is 5.32 Å². The van der Waals surface area contributed by atoms with Gasteiger partial charge in [0, 0.05) is 19.2 Å². The van der Waals surface area contributed by atoms with Crippen molar-refractivity contribution in [1.29, 1.82) is 0 Å². The van der Waals surface area contributed by atoms with Crippen LogP contribution in [0.2, 0.25) is 5.02 Å². The first-order chi connectivity index (χ1) is 8.66. The van der Waals surface area contributed by atoms with Crippen molar-refractivity contribution in [2.24, 2.45) is 0 Å². The molecule has 100 valence electrons. The number of nitro groups is 1. The number of aliphatic hydroxyl groups is 1. The van der Waals surface area contributed by atoms with Crippen LogP contribution in [0.3, 0.4) is 0 Å². The maximum atomic E-state index is 10.8. The average Bonchev–Trinajstić information content (AvgIpc) is 2.34. The minimum absolute atomic E-state index is 0.0105. The lowest BCUT2D eigenvalue weighted by molar-refractivity contribution is -0.383. The molecule has 0 amide bonds. The summed E-state index contributed by atoms with van der Waals surface area (Å²) in [5.41, 5.74) is 0.283. The number of nitrogens with one attached hydrogen (secondary N) is 1. The number of aliphatic hydroxyl groups excluding tert-OH is 1. The molecule has 0 aliphatic carbocycles. The van der Waals surface area contributed by atoms with Crippen LogP contribution in [0.5, 0.6) is 0 Å². The highest BCUT2D eigenvalue weighted by atomic mass is 35.5. The van der Waals surface area contributed by atoms with Gasteiger partial charge in [-0.2, -0.15) is 0 Å². The van der Waals surface area contributed by atoms with Gasteiger partial charge in [0.15, 0.2) is 0 Å². The number of anilines is 1. The molecule has 0 aliphatic heterocycles. The summed E-state index contributed by atoms with van der Waals surface area (Å²) in [6.07, 6.45) is 0.669. The molecule has 7 heteroatoms. The number of hydrogen-bond donors (Lipinski definition) is 2. The molecule has 0 fully saturated rings. The first kappa shape index (κ1) is 14.7. The Kier molecular flexibility index (Phi) is 6.42. The van der Waals surface area contributed by atoms with Gasteiger partial charge in [0.2, 0.25) is 0 Å². The SMILES string of the molecule is O=[N+]([O-])c1cccc(Cl)c1NCCCOCCO. The van der Waals surface area contributed by atoms with Gasteiger partial charge in [-0.05, 0) is 12.5 Å². The first-order valence-electron chi connectivity index (χ1n) is 5.52. The van der Waals surface area contributed by atoms with Gasteiger partial charge in [0.05, 0.1) is 23.2 Å². The Hall–Kier alpha value is -1.37. The smallest absolute Gasteiger partial charge is 0.293 e. The minimum atomic E-state index is -0.476. The second-order valence-electron chi connectivity index (χ2n) is 3.51. The van der Waals surface area contributed by atoms with E-state index in [1.807, 2.05) is 0 Å². The third-order valence-corrected chi connectivity index (χ3v) is 2.51. The monoisotopic (exact) mass is 274 g/mol. The van der Waals surface area contributed by atoms with Crippen LogP contribution in [0.15, 0.2) is 18.2 Å². The predicted molar refractivity (Wildman–Crippen MR) is 69.1 cm³/mol. The molecule has 0 spiro atoms. The Morgan fingerprint density at radius 3 is 2.89 bits per heavy atom. The number of nitrogens with zero attached hydrogens (tertiary/aromatic N) is 1. The highest BCUT2D eigenvalue weighted by Gasteiger charge is 2.15. The quantitative estimate of drug-likeness (QED) is 0.431. The van der Waals surface area contributed by atoms with Gasteiger partial charge in [0.1, 0.15) is 5.69 Å². The van der Waals surface area contributed by atoms with Gasteiger partial charge in [-0.3, -0.25) is 10.1 Å². The summed E-state index contributed by atoms with van der Waals surface area (Å²) < 4.78 is 5.07. The van der Waals surface area contributed by atoms with Crippen LogP contribution >= 0.6 is 11.6 Å². The largest absolute Gasteiger partial charge is 0.394 e. The fourth-order valence-corrected chi connectivity index (χ4v) is 1.63. The molecule has 0 atom stereocenters. The molecule has 6 nitrogen and oxygen atoms in total. The molecular formula is C11H15ClN2O4. The van der Waals surface area contributed by atoms with Crippen LogP contribution in [-0.4, -0.2) is 36.4 Å². The highest BCUT2D eigenvalue weighted by Crippen LogP contribution is 2.31. The molecule has 0 saturated carbocycles. The second kappa shape index (κ2) is 7.86. The van der Waals surface area contributed by atoms with E-state index in [0.717, 1.165) is 0 Å². The first-order valence-corrected chi connectivity index (χ1v) is 5.90. The van der Waals surface area contributed by atoms with Crippen LogP contribution in [0.1, 0.15) is 6.42 Å². The Labute approximate surface area is 110 Å². The molecule has 0 unspecified atom stereocenters. The molecule has 1 rings (SSSR count). The molecule has 18 heavy (non-hydrogen) atoms. The Morgan fingerprint density at radius 1 is 1.44 bits per heavy atom. The highest BCUT2D eigenvalue weighted by molar-refractivity contribution is 6.33. The van der Waals surface area contributed by atoms with E-state index in [0.29, 0.717) is 36.9 Å². The van der Waals surface area contributed by atoms with E-state index in [1.165, 1.54) is 12.1 Å². The predicted octanol–water partition coefficient (Wildman–Crippen LogP) is 2.06. The number of halogens is 1. The Balaban J connectivity index is 2.48.